The molecule has 0 fully saturated rings. The van der Waals surface area contributed by atoms with Crippen molar-refractivity contribution in [2.45, 2.75) is 6.92 Å². The van der Waals surface area contributed by atoms with Crippen LogP contribution in [0.1, 0.15) is 6.92 Å². The van der Waals surface area contributed by atoms with Crippen molar-refractivity contribution in [1.82, 2.24) is 0 Å². The van der Waals surface area contributed by atoms with E-state index in [1.165, 1.54) is 0 Å². The topological polar surface area (TPSA) is 9.23 Å². The summed E-state index contributed by atoms with van der Waals surface area (Å²) in [6.07, 6.45) is 7.29. The van der Waals surface area contributed by atoms with Crippen molar-refractivity contribution >= 4 is 0 Å². The maximum atomic E-state index is 4.93. The standard InChI is InChI=1S/C8H12O/c1-4-6-7-8(5-2)9-3/h4-7H,1H2,2-3H3. The first-order chi connectivity index (χ1) is 4.35. The molecule has 50 valence electrons. The van der Waals surface area contributed by atoms with Gasteiger partial charge in [-0.25, -0.2) is 0 Å². The van der Waals surface area contributed by atoms with Gasteiger partial charge in [-0.15, -0.1) is 0 Å². The van der Waals surface area contributed by atoms with Crippen molar-refractivity contribution in [2.75, 3.05) is 7.11 Å². The van der Waals surface area contributed by atoms with Crippen LogP contribution in [0.4, 0.5) is 0 Å². The molecule has 0 aliphatic carbocycles. The third kappa shape index (κ3) is 3.59. The highest BCUT2D eigenvalue weighted by Gasteiger charge is 1.80. The summed E-state index contributed by atoms with van der Waals surface area (Å²) in [5.74, 6) is 0.856. The van der Waals surface area contributed by atoms with Crippen LogP contribution in [0.5, 0.6) is 0 Å². The third-order valence-corrected chi connectivity index (χ3v) is 0.917. The molecule has 0 rings (SSSR count). The van der Waals surface area contributed by atoms with Crippen LogP contribution in [0, 0.1) is 0 Å². The van der Waals surface area contributed by atoms with Crippen molar-refractivity contribution in [1.29, 1.82) is 0 Å². The average Bonchev–Trinajstić information content (AvgIpc) is 1.91. The lowest BCUT2D eigenvalue weighted by atomic mass is 10.4. The molecule has 0 saturated carbocycles. The second-order valence-corrected chi connectivity index (χ2v) is 1.49. The van der Waals surface area contributed by atoms with Gasteiger partial charge in [0, 0.05) is 0 Å². The Kier molecular flexibility index (Phi) is 4.60. The fraction of sp³-hybridized carbons (Fsp3) is 0.250. The zero-order valence-corrected chi connectivity index (χ0v) is 5.92. The molecule has 0 bridgehead atoms. The maximum absolute atomic E-state index is 4.93. The van der Waals surface area contributed by atoms with Crippen LogP contribution in [0.15, 0.2) is 36.6 Å². The van der Waals surface area contributed by atoms with Crippen LogP contribution < -0.4 is 0 Å². The molecule has 9 heavy (non-hydrogen) atoms. The van der Waals surface area contributed by atoms with Gasteiger partial charge < -0.3 is 4.74 Å². The van der Waals surface area contributed by atoms with Gasteiger partial charge in [0.1, 0.15) is 5.76 Å². The molecule has 0 aliphatic heterocycles. The van der Waals surface area contributed by atoms with Crippen LogP contribution >= 0.6 is 0 Å². The molecule has 0 spiro atoms. The van der Waals surface area contributed by atoms with E-state index in [0.717, 1.165) is 5.76 Å². The fourth-order valence-electron chi connectivity index (χ4n) is 0.445. The molecule has 0 unspecified atom stereocenters. The second-order valence-electron chi connectivity index (χ2n) is 1.49. The lowest BCUT2D eigenvalue weighted by Crippen LogP contribution is -1.77. The highest BCUT2D eigenvalue weighted by atomic mass is 16.5. The highest BCUT2D eigenvalue weighted by Crippen LogP contribution is 1.95. The molecule has 0 N–H and O–H groups in total. The van der Waals surface area contributed by atoms with Crippen LogP contribution in [0.25, 0.3) is 0 Å². The maximum Gasteiger partial charge on any atom is 0.114 e. The first kappa shape index (κ1) is 8.02. The van der Waals surface area contributed by atoms with E-state index in [1.54, 1.807) is 13.2 Å². The van der Waals surface area contributed by atoms with E-state index in [4.69, 9.17) is 4.74 Å². The van der Waals surface area contributed by atoms with Crippen molar-refractivity contribution in [2.24, 2.45) is 0 Å². The molecule has 1 nitrogen and oxygen atoms in total. The molecule has 0 aromatic heterocycles. The Morgan fingerprint density at radius 3 is 2.56 bits per heavy atom. The van der Waals surface area contributed by atoms with Crippen LogP contribution in [0.3, 0.4) is 0 Å². The smallest absolute Gasteiger partial charge is 0.114 e. The summed E-state index contributed by atoms with van der Waals surface area (Å²) in [7, 11) is 1.64. The summed E-state index contributed by atoms with van der Waals surface area (Å²) in [5.41, 5.74) is 0. The first-order valence-electron chi connectivity index (χ1n) is 2.84. The van der Waals surface area contributed by atoms with E-state index in [-0.39, 0.29) is 0 Å². The molecule has 0 aromatic carbocycles. The van der Waals surface area contributed by atoms with Gasteiger partial charge in [0.15, 0.2) is 0 Å². The Morgan fingerprint density at radius 1 is 1.56 bits per heavy atom. The third-order valence-electron chi connectivity index (χ3n) is 0.917. The Labute approximate surface area is 56.3 Å². The predicted octanol–water partition coefficient (Wildman–Crippen LogP) is 2.28. The Hall–Kier alpha value is -0.980. The molecular formula is C8H12O. The van der Waals surface area contributed by atoms with E-state index < -0.39 is 0 Å². The fourth-order valence-corrected chi connectivity index (χ4v) is 0.445. The van der Waals surface area contributed by atoms with E-state index in [9.17, 15) is 0 Å². The van der Waals surface area contributed by atoms with Crippen LogP contribution in [-0.2, 0) is 4.74 Å². The predicted molar refractivity (Wildman–Crippen MR) is 40.1 cm³/mol. The summed E-state index contributed by atoms with van der Waals surface area (Å²) in [5, 5.41) is 0. The summed E-state index contributed by atoms with van der Waals surface area (Å²) in [6.45, 7) is 5.45. The summed E-state index contributed by atoms with van der Waals surface area (Å²) in [4.78, 5) is 0. The molecule has 0 aliphatic rings. The minimum absolute atomic E-state index is 0.856. The average molecular weight is 124 g/mol. The minimum Gasteiger partial charge on any atom is -0.497 e. The van der Waals surface area contributed by atoms with Crippen molar-refractivity contribution in [3.05, 3.63) is 36.6 Å². The SMILES string of the molecule is C=CC=CC(=CC)OC. The summed E-state index contributed by atoms with van der Waals surface area (Å²) >= 11 is 0. The van der Waals surface area contributed by atoms with E-state index in [1.807, 2.05) is 25.2 Å². The number of allylic oxidation sites excluding steroid dienone is 4. The Balaban J connectivity index is 3.84. The Bertz CT molecular complexity index is 132. The van der Waals surface area contributed by atoms with Crippen molar-refractivity contribution in [3.8, 4) is 0 Å². The molecule has 0 saturated heterocycles. The summed E-state index contributed by atoms with van der Waals surface area (Å²) < 4.78 is 4.93. The normalized spacial score (nSPS) is 12.0. The molecule has 0 radical (unpaired) electrons. The summed E-state index contributed by atoms with van der Waals surface area (Å²) in [6, 6.07) is 0. The Morgan fingerprint density at radius 2 is 2.22 bits per heavy atom. The van der Waals surface area contributed by atoms with Gasteiger partial charge in [-0.2, -0.15) is 0 Å². The van der Waals surface area contributed by atoms with Crippen molar-refractivity contribution in [3.63, 3.8) is 0 Å². The van der Waals surface area contributed by atoms with Gasteiger partial charge in [0.05, 0.1) is 7.11 Å². The molecule has 0 amide bonds. The van der Waals surface area contributed by atoms with E-state index >= 15 is 0 Å². The first-order valence-corrected chi connectivity index (χ1v) is 2.84. The number of hydrogen-bond acceptors (Lipinski definition) is 1. The highest BCUT2D eigenvalue weighted by molar-refractivity contribution is 5.14. The van der Waals surface area contributed by atoms with Gasteiger partial charge >= 0.3 is 0 Å². The second kappa shape index (κ2) is 5.16. The van der Waals surface area contributed by atoms with Gasteiger partial charge in [0.25, 0.3) is 0 Å². The van der Waals surface area contributed by atoms with Crippen LogP contribution in [0.2, 0.25) is 0 Å². The molecule has 0 aromatic rings. The van der Waals surface area contributed by atoms with Crippen LogP contribution in [-0.4, -0.2) is 7.11 Å². The largest absolute Gasteiger partial charge is 0.497 e. The lowest BCUT2D eigenvalue weighted by molar-refractivity contribution is 0.306. The van der Waals surface area contributed by atoms with Gasteiger partial charge in [0.2, 0.25) is 0 Å². The number of hydrogen-bond donors (Lipinski definition) is 0. The quantitative estimate of drug-likeness (QED) is 0.414. The lowest BCUT2D eigenvalue weighted by Gasteiger charge is -1.95. The monoisotopic (exact) mass is 124 g/mol. The molecule has 1 heteroatoms. The van der Waals surface area contributed by atoms with Crippen molar-refractivity contribution < 1.29 is 4.74 Å². The zero-order chi connectivity index (χ0) is 7.11. The number of ether oxygens (including phenoxy) is 1. The van der Waals surface area contributed by atoms with Gasteiger partial charge in [-0.3, -0.25) is 0 Å². The van der Waals surface area contributed by atoms with Gasteiger partial charge in [-0.05, 0) is 19.1 Å². The van der Waals surface area contributed by atoms with E-state index in [2.05, 4.69) is 6.58 Å². The number of rotatable bonds is 3. The molecule has 0 heterocycles. The zero-order valence-electron chi connectivity index (χ0n) is 5.92. The van der Waals surface area contributed by atoms with E-state index in [0.29, 0.717) is 0 Å². The molecular weight excluding hydrogens is 112 g/mol. The number of methoxy groups -OCH3 is 1. The minimum atomic E-state index is 0.856. The van der Waals surface area contributed by atoms with Gasteiger partial charge in [-0.1, -0.05) is 18.7 Å². The molecule has 0 atom stereocenters.